The van der Waals surface area contributed by atoms with Gasteiger partial charge in [0.15, 0.2) is 34.1 Å². The van der Waals surface area contributed by atoms with Crippen molar-refractivity contribution in [3.05, 3.63) is 64.9 Å². The van der Waals surface area contributed by atoms with E-state index in [1.165, 1.54) is 23.8 Å². The molecule has 0 spiro atoms. The molecule has 0 bridgehead atoms. The molecule has 0 aliphatic carbocycles. The summed E-state index contributed by atoms with van der Waals surface area (Å²) in [7, 11) is 1.28. The molecule has 42 heavy (non-hydrogen) atoms. The molecule has 5 heterocycles. The van der Waals surface area contributed by atoms with Crippen LogP contribution in [-0.4, -0.2) is 68.4 Å². The first-order valence-corrected chi connectivity index (χ1v) is 15.8. The number of nitrogens with zero attached hydrogens (tertiary/aromatic N) is 5. The number of amides is 2. The van der Waals surface area contributed by atoms with Crippen LogP contribution in [0.1, 0.15) is 5.69 Å². The third-order valence-electron chi connectivity index (χ3n) is 6.02. The molecule has 3 aromatic rings. The predicted molar refractivity (Wildman–Crippen MR) is 163 cm³/mol. The molecule has 0 aromatic carbocycles. The maximum absolute atomic E-state index is 13.1. The van der Waals surface area contributed by atoms with Crippen molar-refractivity contribution in [3.8, 4) is 11.3 Å². The molecule has 3 N–H and O–H groups in total. The summed E-state index contributed by atoms with van der Waals surface area (Å²) in [5, 5.41) is 21.7. The van der Waals surface area contributed by atoms with Crippen LogP contribution in [0.25, 0.3) is 11.3 Å². The smallest absolute Gasteiger partial charge is 0.276 e. The molecule has 17 heteroatoms. The highest BCUT2D eigenvalue weighted by molar-refractivity contribution is 8.01. The number of halogens is 1. The summed E-state index contributed by atoms with van der Waals surface area (Å²) in [6, 6.07) is 2.83. The molecule has 12 nitrogen and oxygen atoms in total. The van der Waals surface area contributed by atoms with E-state index in [2.05, 4.69) is 27.0 Å². The highest BCUT2D eigenvalue weighted by atomic mass is 35.5. The van der Waals surface area contributed by atoms with Crippen LogP contribution in [0.15, 0.2) is 68.7 Å². The Morgan fingerprint density at radius 3 is 2.88 bits per heavy atom. The minimum atomic E-state index is -1.46. The molecule has 1 fully saturated rings. The number of aliphatic carboxylic acids is 1. The number of carbonyl (C=O) groups excluding carboxylic acids is 3. The first kappa shape index (κ1) is 31.5. The van der Waals surface area contributed by atoms with Crippen molar-refractivity contribution in [3.63, 3.8) is 0 Å². The van der Waals surface area contributed by atoms with Crippen molar-refractivity contribution < 1.29 is 28.9 Å². The van der Waals surface area contributed by atoms with Crippen LogP contribution in [0.5, 0.6) is 0 Å². The van der Waals surface area contributed by atoms with E-state index >= 15 is 0 Å². The molecule has 2 atom stereocenters. The number of pyridine rings is 1. The Bertz CT molecular complexity index is 1590. The molecule has 2 aliphatic heterocycles. The number of hydrogen-bond acceptors (Lipinski definition) is 13. The zero-order valence-electron chi connectivity index (χ0n) is 21.9. The first-order chi connectivity index (χ1) is 19.8. The molecule has 5 rings (SSSR count). The lowest BCUT2D eigenvalue weighted by Gasteiger charge is -2.50. The second-order valence-corrected chi connectivity index (χ2v) is 12.8. The van der Waals surface area contributed by atoms with Crippen molar-refractivity contribution in [2.24, 2.45) is 5.16 Å². The molecule has 2 aliphatic rings. The number of oxime groups is 1. The second kappa shape index (κ2) is 13.7. The van der Waals surface area contributed by atoms with Gasteiger partial charge in [0.2, 0.25) is 0 Å². The van der Waals surface area contributed by atoms with E-state index in [-0.39, 0.29) is 41.2 Å². The van der Waals surface area contributed by atoms with Crippen molar-refractivity contribution in [2.45, 2.75) is 22.3 Å². The zero-order valence-corrected chi connectivity index (χ0v) is 26.0. The number of carboxylic acids is 1. The van der Waals surface area contributed by atoms with Gasteiger partial charge in [-0.2, -0.15) is 0 Å². The fourth-order valence-corrected chi connectivity index (χ4v) is 7.75. The third-order valence-corrected chi connectivity index (χ3v) is 10.1. The molecule has 220 valence electrons. The lowest BCUT2D eigenvalue weighted by Crippen LogP contribution is -2.71. The van der Waals surface area contributed by atoms with Gasteiger partial charge in [0, 0.05) is 33.9 Å². The number of β-lactam (4-membered cyclic amide) rings is 1. The number of carboxylic acid groups (broad SMARTS) is 1. The molecule has 0 radical (unpaired) electrons. The number of nitrogens with one attached hydrogen (secondary N) is 1. The monoisotopic (exact) mass is 665 g/mol. The maximum atomic E-state index is 13.1. The van der Waals surface area contributed by atoms with Gasteiger partial charge in [-0.15, -0.1) is 53.4 Å². The van der Waals surface area contributed by atoms with E-state index < -0.39 is 29.2 Å². The van der Waals surface area contributed by atoms with Crippen LogP contribution >= 0.6 is 58.6 Å². The summed E-state index contributed by atoms with van der Waals surface area (Å²) >= 11 is 5.63. The summed E-state index contributed by atoms with van der Waals surface area (Å²) in [5.41, 5.74) is 7.76. The predicted octanol–water partition coefficient (Wildman–Crippen LogP) is 1.29. The lowest BCUT2D eigenvalue weighted by molar-refractivity contribution is -0.688. The van der Waals surface area contributed by atoms with Gasteiger partial charge in [-0.3, -0.25) is 14.5 Å². The third kappa shape index (κ3) is 6.47. The second-order valence-electron chi connectivity index (χ2n) is 8.66. The van der Waals surface area contributed by atoms with Crippen molar-refractivity contribution in [1.29, 1.82) is 0 Å². The van der Waals surface area contributed by atoms with Gasteiger partial charge >= 0.3 is 0 Å². The lowest BCUT2D eigenvalue weighted by atomic mass is 10.0. The maximum Gasteiger partial charge on any atom is 0.276 e. The summed E-state index contributed by atoms with van der Waals surface area (Å²) in [6.45, 7) is 3.96. The number of thioether (sulfide) groups is 2. The van der Waals surface area contributed by atoms with Crippen molar-refractivity contribution in [1.82, 2.24) is 20.2 Å². The number of anilines is 1. The molecular formula is C25H24ClN7O5S4. The first-order valence-electron chi connectivity index (χ1n) is 12.0. The number of nitrogens with two attached hydrogens (primary N) is 1. The van der Waals surface area contributed by atoms with Gasteiger partial charge in [-0.25, -0.2) is 14.5 Å². The van der Waals surface area contributed by atoms with E-state index in [1.54, 1.807) is 28.5 Å². The number of carbonyl (C=O) groups is 3. The Kier molecular flexibility index (Phi) is 10.3. The van der Waals surface area contributed by atoms with Crippen LogP contribution in [-0.2, 0) is 25.8 Å². The van der Waals surface area contributed by atoms with Crippen molar-refractivity contribution in [2.75, 3.05) is 24.3 Å². The van der Waals surface area contributed by atoms with Gasteiger partial charge in [-0.1, -0.05) is 23.0 Å². The van der Waals surface area contributed by atoms with Gasteiger partial charge in [0.25, 0.3) is 11.8 Å². The molecule has 1 saturated heterocycles. The molecule has 2 amide bonds. The topological polar surface area (TPSA) is 167 Å². The average Bonchev–Trinajstić information content (AvgIpc) is 3.62. The fraction of sp³-hybridized carbons (Fsp3) is 0.240. The van der Waals surface area contributed by atoms with Gasteiger partial charge < -0.3 is 25.8 Å². The van der Waals surface area contributed by atoms with Crippen LogP contribution in [0.2, 0.25) is 0 Å². The average molecular weight is 666 g/mol. The molecule has 0 saturated carbocycles. The largest absolute Gasteiger partial charge is 0.543 e. The fourth-order valence-electron chi connectivity index (χ4n) is 4.27. The minimum absolute atomic E-state index is 0. The SMILES string of the molecule is C=CCSc1nc(-c2ccc[n+](CC3=C(C(=O)[O-])N4C(=O)C(NC(=O)/C(=N\OC)c5csc(N)n5)C4SC3)c2)cs1.Cl. The number of hydrogen-bond donors (Lipinski definition) is 2. The summed E-state index contributed by atoms with van der Waals surface area (Å²) in [5.74, 6) is -1.62. The normalized spacial score (nSPS) is 18.1. The molecule has 3 aromatic heterocycles. The number of rotatable bonds is 11. The van der Waals surface area contributed by atoms with Crippen LogP contribution in [0.4, 0.5) is 5.13 Å². The minimum Gasteiger partial charge on any atom is -0.543 e. The van der Waals surface area contributed by atoms with Crippen LogP contribution < -0.4 is 20.7 Å². The highest BCUT2D eigenvalue weighted by Gasteiger charge is 2.53. The van der Waals surface area contributed by atoms with Gasteiger partial charge in [0.1, 0.15) is 24.2 Å². The van der Waals surface area contributed by atoms with E-state index in [1.807, 2.05) is 40.5 Å². The number of thiazole rings is 2. The number of aromatic nitrogens is 3. The summed E-state index contributed by atoms with van der Waals surface area (Å²) in [4.78, 5) is 53.0. The standard InChI is InChI=1S/C25H23N7O5S4.ClH/c1-3-7-38-25-28-15(11-41-25)13-5-4-6-31(8-13)9-14-10-39-22-18(21(34)32(22)19(14)23(35)36)29-20(33)17(30-37-2)16-12-40-24(26)27-16;/h3-6,8,11-12,18,22H,1,7,9-10H2,2H3,(H3-,26,27,29,33,35,36);1H/b30-17-;. The van der Waals surface area contributed by atoms with E-state index in [9.17, 15) is 19.5 Å². The zero-order chi connectivity index (χ0) is 29.1. The Hall–Kier alpha value is -3.44. The molecule has 2 unspecified atom stereocenters. The van der Waals surface area contributed by atoms with E-state index in [4.69, 9.17) is 10.6 Å². The summed E-state index contributed by atoms with van der Waals surface area (Å²) < 4.78 is 2.78. The van der Waals surface area contributed by atoms with Gasteiger partial charge in [-0.05, 0) is 6.07 Å². The summed E-state index contributed by atoms with van der Waals surface area (Å²) in [6.07, 6.45) is 5.53. The van der Waals surface area contributed by atoms with Gasteiger partial charge in [0.05, 0.1) is 22.9 Å². The van der Waals surface area contributed by atoms with E-state index in [0.29, 0.717) is 11.3 Å². The number of fused-ring (bicyclic) bond motifs is 1. The van der Waals surface area contributed by atoms with Crippen LogP contribution in [0, 0.1) is 0 Å². The van der Waals surface area contributed by atoms with E-state index in [0.717, 1.165) is 32.7 Å². The Morgan fingerprint density at radius 1 is 1.38 bits per heavy atom. The Morgan fingerprint density at radius 2 is 2.19 bits per heavy atom. The van der Waals surface area contributed by atoms with Crippen molar-refractivity contribution >= 4 is 87.2 Å². The number of nitrogen functional groups attached to an aromatic ring is 1. The Labute approximate surface area is 263 Å². The Balaban J connectivity index is 0.00000405. The van der Waals surface area contributed by atoms with Crippen LogP contribution in [0.3, 0.4) is 0 Å². The quantitative estimate of drug-likeness (QED) is 0.0761. The molecular weight excluding hydrogens is 642 g/mol. The highest BCUT2D eigenvalue weighted by Crippen LogP contribution is 2.40.